The van der Waals surface area contributed by atoms with Crippen LogP contribution in [0.5, 0.6) is 0 Å². The summed E-state index contributed by atoms with van der Waals surface area (Å²) >= 11 is 0. The van der Waals surface area contributed by atoms with Crippen LogP contribution in [-0.4, -0.2) is 29.6 Å². The van der Waals surface area contributed by atoms with E-state index in [4.69, 9.17) is 5.73 Å². The van der Waals surface area contributed by atoms with Crippen LogP contribution in [0.1, 0.15) is 11.4 Å². The summed E-state index contributed by atoms with van der Waals surface area (Å²) in [5.41, 5.74) is 7.81. The first-order valence-electron chi connectivity index (χ1n) is 5.96. The fourth-order valence-corrected chi connectivity index (χ4v) is 3.01. The molecule has 1 aromatic heterocycles. The maximum Gasteiger partial charge on any atom is 0.225 e. The highest BCUT2D eigenvalue weighted by Crippen LogP contribution is 2.51. The number of nitrogens with two attached hydrogens (primary N) is 1. The fraction of sp³-hybridized carbons (Fsp3) is 0.667. The first kappa shape index (κ1) is 10.0. The van der Waals surface area contributed by atoms with E-state index < -0.39 is 0 Å². The van der Waals surface area contributed by atoms with Gasteiger partial charge in [0.05, 0.1) is 0 Å². The molecule has 1 saturated carbocycles. The smallest absolute Gasteiger partial charge is 0.225 e. The highest BCUT2D eigenvalue weighted by atomic mass is 15.3. The molecule has 1 aliphatic carbocycles. The van der Waals surface area contributed by atoms with Crippen molar-refractivity contribution in [2.75, 3.05) is 24.5 Å². The van der Waals surface area contributed by atoms with Gasteiger partial charge < -0.3 is 10.6 Å². The Morgan fingerprint density at radius 3 is 2.31 bits per heavy atom. The number of hydrogen-bond acceptors (Lipinski definition) is 4. The largest absolute Gasteiger partial charge is 0.340 e. The van der Waals surface area contributed by atoms with Crippen molar-refractivity contribution in [3.05, 3.63) is 17.5 Å². The third kappa shape index (κ3) is 1.48. The molecule has 0 bridgehead atoms. The molecule has 0 aromatic carbocycles. The van der Waals surface area contributed by atoms with Crippen molar-refractivity contribution in [1.29, 1.82) is 0 Å². The number of aromatic nitrogens is 2. The summed E-state index contributed by atoms with van der Waals surface area (Å²) in [6, 6.07) is 2.02. The van der Waals surface area contributed by atoms with Crippen LogP contribution in [0.2, 0.25) is 0 Å². The van der Waals surface area contributed by atoms with Crippen LogP contribution < -0.4 is 10.6 Å². The molecule has 4 nitrogen and oxygen atoms in total. The summed E-state index contributed by atoms with van der Waals surface area (Å²) in [5, 5.41) is 0. The molecule has 2 atom stereocenters. The zero-order chi connectivity index (χ0) is 11.3. The molecule has 0 spiro atoms. The Morgan fingerprint density at radius 2 is 1.81 bits per heavy atom. The van der Waals surface area contributed by atoms with E-state index in [2.05, 4.69) is 14.9 Å². The molecule has 1 aromatic rings. The minimum absolute atomic E-state index is 0.766. The summed E-state index contributed by atoms with van der Waals surface area (Å²) in [4.78, 5) is 11.3. The molecule has 0 amide bonds. The van der Waals surface area contributed by atoms with Crippen LogP contribution in [0.4, 0.5) is 5.95 Å². The van der Waals surface area contributed by atoms with Gasteiger partial charge in [-0.2, -0.15) is 0 Å². The zero-order valence-corrected chi connectivity index (χ0v) is 9.85. The van der Waals surface area contributed by atoms with Gasteiger partial charge >= 0.3 is 0 Å². The Balaban J connectivity index is 1.76. The highest BCUT2D eigenvalue weighted by molar-refractivity contribution is 5.37. The van der Waals surface area contributed by atoms with E-state index in [0.717, 1.165) is 54.7 Å². The molecule has 2 unspecified atom stereocenters. The van der Waals surface area contributed by atoms with Crippen LogP contribution in [0, 0.1) is 31.6 Å². The van der Waals surface area contributed by atoms with Gasteiger partial charge in [-0.1, -0.05) is 0 Å². The third-order valence-corrected chi connectivity index (χ3v) is 3.90. The maximum absolute atomic E-state index is 5.71. The van der Waals surface area contributed by atoms with Gasteiger partial charge in [-0.05, 0) is 44.2 Å². The molecule has 2 fully saturated rings. The Morgan fingerprint density at radius 1 is 1.25 bits per heavy atom. The predicted octanol–water partition coefficient (Wildman–Crippen LogP) is 0.734. The van der Waals surface area contributed by atoms with Gasteiger partial charge in [0.1, 0.15) is 0 Å². The van der Waals surface area contributed by atoms with Gasteiger partial charge in [-0.3, -0.25) is 0 Å². The lowest BCUT2D eigenvalue weighted by molar-refractivity contribution is 0.638. The summed E-state index contributed by atoms with van der Waals surface area (Å²) in [5.74, 6) is 3.27. The molecule has 2 N–H and O–H groups in total. The van der Waals surface area contributed by atoms with Gasteiger partial charge in [0, 0.05) is 24.5 Å². The summed E-state index contributed by atoms with van der Waals surface area (Å²) in [6.45, 7) is 7.08. The maximum atomic E-state index is 5.71. The van der Waals surface area contributed by atoms with E-state index in [1.165, 1.54) is 0 Å². The second-order valence-electron chi connectivity index (χ2n) is 5.08. The molecule has 2 heterocycles. The first-order valence-corrected chi connectivity index (χ1v) is 5.96. The molecule has 4 heteroatoms. The van der Waals surface area contributed by atoms with Crippen molar-refractivity contribution in [2.45, 2.75) is 13.8 Å². The van der Waals surface area contributed by atoms with Crippen molar-refractivity contribution in [3.8, 4) is 0 Å². The van der Waals surface area contributed by atoms with Gasteiger partial charge in [-0.15, -0.1) is 0 Å². The summed E-state index contributed by atoms with van der Waals surface area (Å²) in [7, 11) is 0. The molecule has 1 saturated heterocycles. The zero-order valence-electron chi connectivity index (χ0n) is 9.85. The average molecular weight is 218 g/mol. The molecule has 16 heavy (non-hydrogen) atoms. The number of rotatable bonds is 2. The SMILES string of the molecule is Cc1cc(C)nc(N2CC3C(CN)C3C2)n1. The molecule has 86 valence electrons. The van der Waals surface area contributed by atoms with E-state index >= 15 is 0 Å². The van der Waals surface area contributed by atoms with Crippen molar-refractivity contribution in [3.63, 3.8) is 0 Å². The van der Waals surface area contributed by atoms with Crippen molar-refractivity contribution in [1.82, 2.24) is 9.97 Å². The summed E-state index contributed by atoms with van der Waals surface area (Å²) < 4.78 is 0. The molecule has 2 aliphatic rings. The quantitative estimate of drug-likeness (QED) is 0.795. The van der Waals surface area contributed by atoms with Crippen molar-refractivity contribution in [2.24, 2.45) is 23.5 Å². The third-order valence-electron chi connectivity index (χ3n) is 3.90. The fourth-order valence-electron chi connectivity index (χ4n) is 3.01. The average Bonchev–Trinajstić information content (AvgIpc) is 2.68. The topological polar surface area (TPSA) is 55.0 Å². The molecule has 3 rings (SSSR count). The van der Waals surface area contributed by atoms with E-state index in [9.17, 15) is 0 Å². The summed E-state index contributed by atoms with van der Waals surface area (Å²) in [6.07, 6.45) is 0. The van der Waals surface area contributed by atoms with E-state index in [-0.39, 0.29) is 0 Å². The Bertz CT molecular complexity index is 385. The monoisotopic (exact) mass is 218 g/mol. The predicted molar refractivity (Wildman–Crippen MR) is 63.2 cm³/mol. The molecular formula is C12H18N4. The second kappa shape index (κ2) is 3.42. The Labute approximate surface area is 95.9 Å². The van der Waals surface area contributed by atoms with Gasteiger partial charge in [-0.25, -0.2) is 9.97 Å². The van der Waals surface area contributed by atoms with E-state index in [1.807, 2.05) is 19.9 Å². The molecule has 0 radical (unpaired) electrons. The molecular weight excluding hydrogens is 200 g/mol. The normalized spacial score (nSPS) is 31.7. The number of nitrogens with zero attached hydrogens (tertiary/aromatic N) is 3. The number of anilines is 1. The minimum Gasteiger partial charge on any atom is -0.340 e. The van der Waals surface area contributed by atoms with Crippen LogP contribution >= 0.6 is 0 Å². The minimum atomic E-state index is 0.766. The van der Waals surface area contributed by atoms with Gasteiger partial charge in [0.15, 0.2) is 0 Å². The standard InChI is InChI=1S/C12H18N4/c1-7-3-8(2)15-12(14-7)16-5-10-9(4-13)11(10)6-16/h3,9-11H,4-6,13H2,1-2H3. The van der Waals surface area contributed by atoms with Crippen LogP contribution in [0.15, 0.2) is 6.07 Å². The number of fused-ring (bicyclic) bond motifs is 1. The van der Waals surface area contributed by atoms with Gasteiger partial charge in [0.2, 0.25) is 5.95 Å². The lowest BCUT2D eigenvalue weighted by Gasteiger charge is -2.20. The first-order chi connectivity index (χ1) is 7.69. The van der Waals surface area contributed by atoms with Crippen molar-refractivity contribution >= 4 is 5.95 Å². The highest BCUT2D eigenvalue weighted by Gasteiger charge is 2.55. The Kier molecular flexibility index (Phi) is 2.14. The lowest BCUT2D eigenvalue weighted by atomic mass is 10.3. The van der Waals surface area contributed by atoms with E-state index in [1.54, 1.807) is 0 Å². The van der Waals surface area contributed by atoms with Crippen LogP contribution in [-0.2, 0) is 0 Å². The van der Waals surface area contributed by atoms with Crippen LogP contribution in [0.3, 0.4) is 0 Å². The number of piperidine rings is 1. The molecule has 1 aliphatic heterocycles. The van der Waals surface area contributed by atoms with E-state index in [0.29, 0.717) is 0 Å². The van der Waals surface area contributed by atoms with Crippen molar-refractivity contribution < 1.29 is 0 Å². The number of aryl methyl sites for hydroxylation is 2. The lowest BCUT2D eigenvalue weighted by Crippen LogP contribution is -2.27. The van der Waals surface area contributed by atoms with Gasteiger partial charge in [0.25, 0.3) is 0 Å². The Hall–Kier alpha value is -1.16. The second-order valence-corrected chi connectivity index (χ2v) is 5.08. The number of hydrogen-bond donors (Lipinski definition) is 1. The van der Waals surface area contributed by atoms with Crippen LogP contribution in [0.25, 0.3) is 0 Å².